The van der Waals surface area contributed by atoms with Gasteiger partial charge in [0.05, 0.1) is 18.4 Å². The molecule has 0 saturated carbocycles. The Kier molecular flexibility index (Phi) is 5.77. The van der Waals surface area contributed by atoms with Crippen LogP contribution in [0.4, 0.5) is 15.8 Å². The number of rotatable bonds is 5. The summed E-state index contributed by atoms with van der Waals surface area (Å²) in [5, 5.41) is 3.15. The van der Waals surface area contributed by atoms with E-state index in [-0.39, 0.29) is 16.7 Å². The number of ether oxygens (including phenoxy) is 1. The van der Waals surface area contributed by atoms with Crippen molar-refractivity contribution in [1.82, 2.24) is 0 Å². The normalized spacial score (nSPS) is 14.2. The van der Waals surface area contributed by atoms with Gasteiger partial charge in [-0.05, 0) is 53.4 Å². The summed E-state index contributed by atoms with van der Waals surface area (Å²) in [7, 11) is 1.51. The molecule has 1 heterocycles. The van der Waals surface area contributed by atoms with Crippen molar-refractivity contribution >= 4 is 28.8 Å². The van der Waals surface area contributed by atoms with Gasteiger partial charge in [0.15, 0.2) is 0 Å². The molecule has 0 aliphatic carbocycles. The topological polar surface area (TPSA) is 58.6 Å². The van der Waals surface area contributed by atoms with Gasteiger partial charge in [0, 0.05) is 11.3 Å². The van der Waals surface area contributed by atoms with Crippen LogP contribution in [0.2, 0.25) is 0 Å². The van der Waals surface area contributed by atoms with Crippen molar-refractivity contribution in [3.05, 3.63) is 95.4 Å². The summed E-state index contributed by atoms with van der Waals surface area (Å²) in [5.74, 6) is -1.01. The molecule has 4 rings (SSSR count). The zero-order chi connectivity index (χ0) is 23.8. The third-order valence-electron chi connectivity index (χ3n) is 5.57. The number of nitrogens with one attached hydrogen (secondary N) is 1. The number of carbonyl (C=O) groups excluding carboxylic acids is 2. The number of carbonyl (C=O) groups is 2. The van der Waals surface area contributed by atoms with Crippen LogP contribution in [0.3, 0.4) is 0 Å². The first-order valence-electron chi connectivity index (χ1n) is 10.6. The minimum atomic E-state index is -0.521. The lowest BCUT2D eigenvalue weighted by atomic mass is 9.87. The summed E-state index contributed by atoms with van der Waals surface area (Å²) in [5.41, 5.74) is 2.93. The smallest absolute Gasteiger partial charge is 0.282 e. The standard InChI is InChI=1S/C27H25FN2O3/c1-27(2,3)17-9-13-19(14-10-17)29-24-23(21-7-5-6-8-22(21)33-4)25(31)30(26(24)32)20-15-11-18(28)12-16-20/h5-16,29H,1-4H3. The number of nitrogens with zero attached hydrogens (tertiary/aromatic N) is 1. The predicted octanol–water partition coefficient (Wildman–Crippen LogP) is 5.53. The molecule has 0 radical (unpaired) electrons. The SMILES string of the molecule is COc1ccccc1C1=C(Nc2ccc(C(C)(C)C)cc2)C(=O)N(c2ccc(F)cc2)C1=O. The van der Waals surface area contributed by atoms with Gasteiger partial charge >= 0.3 is 0 Å². The molecule has 1 aliphatic heterocycles. The van der Waals surface area contributed by atoms with E-state index in [2.05, 4.69) is 26.1 Å². The van der Waals surface area contributed by atoms with Crippen LogP contribution in [0.15, 0.2) is 78.5 Å². The first-order chi connectivity index (χ1) is 15.7. The molecule has 0 unspecified atom stereocenters. The quantitative estimate of drug-likeness (QED) is 0.526. The van der Waals surface area contributed by atoms with E-state index in [1.165, 1.54) is 31.4 Å². The Labute approximate surface area is 192 Å². The van der Waals surface area contributed by atoms with Crippen molar-refractivity contribution in [2.24, 2.45) is 0 Å². The number of amides is 2. The predicted molar refractivity (Wildman–Crippen MR) is 128 cm³/mol. The van der Waals surface area contributed by atoms with Crippen LogP contribution in [-0.4, -0.2) is 18.9 Å². The second kappa shape index (κ2) is 8.54. The second-order valence-corrected chi connectivity index (χ2v) is 8.82. The molecule has 1 N–H and O–H groups in total. The highest BCUT2D eigenvalue weighted by molar-refractivity contribution is 6.46. The Morgan fingerprint density at radius 1 is 0.848 bits per heavy atom. The monoisotopic (exact) mass is 444 g/mol. The molecule has 0 saturated heterocycles. The van der Waals surface area contributed by atoms with Gasteiger partial charge in [-0.25, -0.2) is 9.29 Å². The number of hydrogen-bond acceptors (Lipinski definition) is 4. The van der Waals surface area contributed by atoms with Gasteiger partial charge in [-0.2, -0.15) is 0 Å². The van der Waals surface area contributed by atoms with Gasteiger partial charge in [-0.15, -0.1) is 0 Å². The molecule has 3 aromatic rings. The number of halogens is 1. The zero-order valence-corrected chi connectivity index (χ0v) is 19.0. The molecule has 0 atom stereocenters. The molecule has 33 heavy (non-hydrogen) atoms. The fourth-order valence-corrected chi connectivity index (χ4v) is 3.77. The molecule has 3 aromatic carbocycles. The first-order valence-corrected chi connectivity index (χ1v) is 10.6. The largest absolute Gasteiger partial charge is 0.496 e. The molecule has 0 spiro atoms. The molecule has 2 amide bonds. The fourth-order valence-electron chi connectivity index (χ4n) is 3.77. The van der Waals surface area contributed by atoms with Crippen LogP contribution >= 0.6 is 0 Å². The summed E-state index contributed by atoms with van der Waals surface area (Å²) in [6.07, 6.45) is 0. The van der Waals surface area contributed by atoms with Gasteiger partial charge in [0.2, 0.25) is 0 Å². The molecule has 168 valence electrons. The molecule has 6 heteroatoms. The average Bonchev–Trinajstić information content (AvgIpc) is 3.03. The molecule has 0 bridgehead atoms. The minimum absolute atomic E-state index is 0.0150. The van der Waals surface area contributed by atoms with Crippen molar-refractivity contribution in [1.29, 1.82) is 0 Å². The fraction of sp³-hybridized carbons (Fsp3) is 0.185. The lowest BCUT2D eigenvalue weighted by molar-refractivity contribution is -0.120. The Bertz CT molecular complexity index is 1240. The van der Waals surface area contributed by atoms with Crippen LogP contribution < -0.4 is 15.0 Å². The number of methoxy groups -OCH3 is 1. The van der Waals surface area contributed by atoms with Crippen molar-refractivity contribution in [3.63, 3.8) is 0 Å². The highest BCUT2D eigenvalue weighted by Gasteiger charge is 2.41. The van der Waals surface area contributed by atoms with Crippen LogP contribution in [0.25, 0.3) is 5.57 Å². The maximum absolute atomic E-state index is 13.5. The molecule has 5 nitrogen and oxygen atoms in total. The highest BCUT2D eigenvalue weighted by Crippen LogP contribution is 2.37. The summed E-state index contributed by atoms with van der Waals surface area (Å²) in [6, 6.07) is 20.0. The number of anilines is 2. The third kappa shape index (κ3) is 4.24. The van der Waals surface area contributed by atoms with Crippen molar-refractivity contribution in [3.8, 4) is 5.75 Å². The van der Waals surface area contributed by atoms with Gasteiger partial charge in [0.1, 0.15) is 17.3 Å². The maximum Gasteiger partial charge on any atom is 0.282 e. The van der Waals surface area contributed by atoms with Crippen LogP contribution in [0.5, 0.6) is 5.75 Å². The highest BCUT2D eigenvalue weighted by atomic mass is 19.1. The zero-order valence-electron chi connectivity index (χ0n) is 19.0. The summed E-state index contributed by atoms with van der Waals surface area (Å²) >= 11 is 0. The minimum Gasteiger partial charge on any atom is -0.496 e. The molecular formula is C27H25FN2O3. The van der Waals surface area contributed by atoms with Crippen molar-refractivity contribution in [2.75, 3.05) is 17.3 Å². The molecule has 0 fully saturated rings. The average molecular weight is 445 g/mol. The van der Waals surface area contributed by atoms with Gasteiger partial charge < -0.3 is 10.1 Å². The van der Waals surface area contributed by atoms with E-state index in [9.17, 15) is 14.0 Å². The van der Waals surface area contributed by atoms with E-state index in [4.69, 9.17) is 4.74 Å². The lowest BCUT2D eigenvalue weighted by Crippen LogP contribution is -2.32. The lowest BCUT2D eigenvalue weighted by Gasteiger charge is -2.19. The van der Waals surface area contributed by atoms with E-state index >= 15 is 0 Å². The molecular weight excluding hydrogens is 419 g/mol. The van der Waals surface area contributed by atoms with E-state index < -0.39 is 17.6 Å². The summed E-state index contributed by atoms with van der Waals surface area (Å²) in [6.45, 7) is 6.37. The first kappa shape index (κ1) is 22.3. The van der Waals surface area contributed by atoms with Gasteiger partial charge in [0.25, 0.3) is 11.8 Å². The summed E-state index contributed by atoms with van der Waals surface area (Å²) in [4.78, 5) is 28.0. The van der Waals surface area contributed by atoms with Crippen LogP contribution in [-0.2, 0) is 15.0 Å². The number of para-hydroxylation sites is 1. The number of benzene rings is 3. The number of hydrogen-bond donors (Lipinski definition) is 1. The van der Waals surface area contributed by atoms with Crippen molar-refractivity contribution in [2.45, 2.75) is 26.2 Å². The molecule has 0 aromatic heterocycles. The van der Waals surface area contributed by atoms with E-state index in [0.29, 0.717) is 22.7 Å². The van der Waals surface area contributed by atoms with Crippen molar-refractivity contribution < 1.29 is 18.7 Å². The molecule has 1 aliphatic rings. The van der Waals surface area contributed by atoms with Gasteiger partial charge in [-0.1, -0.05) is 51.1 Å². The Balaban J connectivity index is 1.81. The van der Waals surface area contributed by atoms with Gasteiger partial charge in [-0.3, -0.25) is 9.59 Å². The Hall–Kier alpha value is -3.93. The van der Waals surface area contributed by atoms with E-state index in [1.807, 2.05) is 24.3 Å². The van der Waals surface area contributed by atoms with Crippen LogP contribution in [0, 0.1) is 5.82 Å². The Morgan fingerprint density at radius 2 is 1.48 bits per heavy atom. The summed E-state index contributed by atoms with van der Waals surface area (Å²) < 4.78 is 18.9. The van der Waals surface area contributed by atoms with E-state index in [1.54, 1.807) is 24.3 Å². The maximum atomic E-state index is 13.5. The number of imide groups is 1. The second-order valence-electron chi connectivity index (χ2n) is 8.82. The van der Waals surface area contributed by atoms with Crippen LogP contribution in [0.1, 0.15) is 31.9 Å². The Morgan fingerprint density at radius 3 is 2.09 bits per heavy atom. The third-order valence-corrected chi connectivity index (χ3v) is 5.57. The van der Waals surface area contributed by atoms with E-state index in [0.717, 1.165) is 10.5 Å².